The molecule has 1 heterocycles. The monoisotopic (exact) mass is 320 g/mol. The third-order valence-electron chi connectivity index (χ3n) is 5.41. The third kappa shape index (κ3) is 2.53. The highest BCUT2D eigenvalue weighted by atomic mass is 16.6. The summed E-state index contributed by atoms with van der Waals surface area (Å²) in [5, 5.41) is 11.2. The van der Waals surface area contributed by atoms with Gasteiger partial charge in [-0.15, -0.1) is 0 Å². The van der Waals surface area contributed by atoms with Gasteiger partial charge in [-0.25, -0.2) is 0 Å². The number of allylic oxidation sites excluding steroid dienone is 1. The SMILES string of the molecule is O=[N+]([O-])c1ccccc1CN1CCC2(C=Cc3ccccc32)CC1. The van der Waals surface area contributed by atoms with Crippen molar-refractivity contribution in [3.8, 4) is 0 Å². The summed E-state index contributed by atoms with van der Waals surface area (Å²) in [6.45, 7) is 2.58. The molecule has 2 aliphatic rings. The number of nitro groups is 1. The Labute approximate surface area is 141 Å². The van der Waals surface area contributed by atoms with E-state index in [9.17, 15) is 10.1 Å². The lowest BCUT2D eigenvalue weighted by Gasteiger charge is -2.39. The maximum Gasteiger partial charge on any atom is 0.273 e. The van der Waals surface area contributed by atoms with Crippen LogP contribution in [0, 0.1) is 10.1 Å². The normalized spacial score (nSPS) is 18.7. The fourth-order valence-electron chi connectivity index (χ4n) is 4.04. The highest BCUT2D eigenvalue weighted by Gasteiger charge is 2.37. The van der Waals surface area contributed by atoms with Gasteiger partial charge in [-0.05, 0) is 37.1 Å². The molecule has 0 radical (unpaired) electrons. The van der Waals surface area contributed by atoms with Crippen LogP contribution in [0.3, 0.4) is 0 Å². The highest BCUT2D eigenvalue weighted by Crippen LogP contribution is 2.43. The molecule has 4 nitrogen and oxygen atoms in total. The van der Waals surface area contributed by atoms with Gasteiger partial charge in [-0.3, -0.25) is 15.0 Å². The van der Waals surface area contributed by atoms with Crippen LogP contribution in [0.25, 0.3) is 6.08 Å². The van der Waals surface area contributed by atoms with Crippen molar-refractivity contribution in [1.29, 1.82) is 0 Å². The molecule has 4 rings (SSSR count). The van der Waals surface area contributed by atoms with Crippen LogP contribution in [-0.4, -0.2) is 22.9 Å². The van der Waals surface area contributed by atoms with Gasteiger partial charge in [0.15, 0.2) is 0 Å². The van der Waals surface area contributed by atoms with Crippen LogP contribution >= 0.6 is 0 Å². The molecule has 0 bridgehead atoms. The lowest BCUT2D eigenvalue weighted by atomic mass is 9.74. The third-order valence-corrected chi connectivity index (χ3v) is 5.41. The van der Waals surface area contributed by atoms with Crippen LogP contribution in [-0.2, 0) is 12.0 Å². The second-order valence-electron chi connectivity index (χ2n) is 6.74. The van der Waals surface area contributed by atoms with Gasteiger partial charge in [-0.2, -0.15) is 0 Å². The van der Waals surface area contributed by atoms with E-state index >= 15 is 0 Å². The van der Waals surface area contributed by atoms with Gasteiger partial charge in [0.2, 0.25) is 0 Å². The van der Waals surface area contributed by atoms with Crippen molar-refractivity contribution < 1.29 is 4.92 Å². The number of hydrogen-bond acceptors (Lipinski definition) is 3. The van der Waals surface area contributed by atoms with Gasteiger partial charge in [0.25, 0.3) is 5.69 Å². The minimum atomic E-state index is -0.281. The molecule has 1 spiro atoms. The number of nitro benzene ring substituents is 1. The summed E-state index contributed by atoms with van der Waals surface area (Å²) in [4.78, 5) is 13.2. The number of nitrogens with zero attached hydrogens (tertiary/aromatic N) is 2. The van der Waals surface area contributed by atoms with Gasteiger partial charge in [0, 0.05) is 23.6 Å². The Bertz CT molecular complexity index is 805. The summed E-state index contributed by atoms with van der Waals surface area (Å²) >= 11 is 0. The van der Waals surface area contributed by atoms with Crippen molar-refractivity contribution >= 4 is 11.8 Å². The minimum Gasteiger partial charge on any atom is -0.299 e. The lowest BCUT2D eigenvalue weighted by molar-refractivity contribution is -0.385. The van der Waals surface area contributed by atoms with E-state index in [1.807, 2.05) is 12.1 Å². The van der Waals surface area contributed by atoms with Crippen LogP contribution in [0.4, 0.5) is 5.69 Å². The van der Waals surface area contributed by atoms with E-state index in [-0.39, 0.29) is 16.0 Å². The van der Waals surface area contributed by atoms with E-state index in [4.69, 9.17) is 0 Å². The first-order valence-corrected chi connectivity index (χ1v) is 8.41. The summed E-state index contributed by atoms with van der Waals surface area (Å²) in [7, 11) is 0. The summed E-state index contributed by atoms with van der Waals surface area (Å²) < 4.78 is 0. The highest BCUT2D eigenvalue weighted by molar-refractivity contribution is 5.65. The van der Waals surface area contributed by atoms with Crippen molar-refractivity contribution in [3.05, 3.63) is 81.4 Å². The molecular weight excluding hydrogens is 300 g/mol. The number of fused-ring (bicyclic) bond motifs is 2. The van der Waals surface area contributed by atoms with E-state index in [1.165, 1.54) is 11.1 Å². The van der Waals surface area contributed by atoms with Crippen LogP contribution in [0.5, 0.6) is 0 Å². The Kier molecular flexibility index (Phi) is 3.69. The topological polar surface area (TPSA) is 46.4 Å². The molecule has 0 N–H and O–H groups in total. The quantitative estimate of drug-likeness (QED) is 0.630. The Morgan fingerprint density at radius 1 is 1.04 bits per heavy atom. The first-order valence-electron chi connectivity index (χ1n) is 8.41. The Morgan fingerprint density at radius 2 is 1.75 bits per heavy atom. The molecule has 0 aromatic heterocycles. The molecular formula is C20H20N2O2. The zero-order valence-electron chi connectivity index (χ0n) is 13.5. The number of para-hydroxylation sites is 1. The number of benzene rings is 2. The molecule has 24 heavy (non-hydrogen) atoms. The van der Waals surface area contributed by atoms with Crippen molar-refractivity contribution in [2.75, 3.05) is 13.1 Å². The smallest absolute Gasteiger partial charge is 0.273 e. The molecule has 2 aromatic rings. The van der Waals surface area contributed by atoms with E-state index < -0.39 is 0 Å². The Hall–Kier alpha value is -2.46. The average molecular weight is 320 g/mol. The van der Waals surface area contributed by atoms with E-state index in [0.717, 1.165) is 31.5 Å². The second-order valence-corrected chi connectivity index (χ2v) is 6.74. The van der Waals surface area contributed by atoms with Crippen molar-refractivity contribution in [3.63, 3.8) is 0 Å². The zero-order chi connectivity index (χ0) is 16.6. The van der Waals surface area contributed by atoms with Crippen LogP contribution < -0.4 is 0 Å². The predicted molar refractivity (Wildman–Crippen MR) is 94.8 cm³/mol. The standard InChI is InChI=1S/C20H20N2O2/c23-22(24)19-8-4-2-6-17(19)15-21-13-11-20(12-14-21)10-9-16-5-1-3-7-18(16)20/h1-10H,11-15H2. The summed E-state index contributed by atoms with van der Waals surface area (Å²) in [5.74, 6) is 0. The van der Waals surface area contributed by atoms with Gasteiger partial charge >= 0.3 is 0 Å². The van der Waals surface area contributed by atoms with E-state index in [0.29, 0.717) is 6.54 Å². The summed E-state index contributed by atoms with van der Waals surface area (Å²) in [6, 6.07) is 15.7. The second kappa shape index (κ2) is 5.87. The average Bonchev–Trinajstić information content (AvgIpc) is 2.96. The molecule has 4 heteroatoms. The summed E-state index contributed by atoms with van der Waals surface area (Å²) in [6.07, 6.45) is 6.75. The van der Waals surface area contributed by atoms with Crippen molar-refractivity contribution in [1.82, 2.24) is 4.90 Å². The minimum absolute atomic E-state index is 0.162. The van der Waals surface area contributed by atoms with Crippen LogP contribution in [0.15, 0.2) is 54.6 Å². The fraction of sp³-hybridized carbons (Fsp3) is 0.300. The molecule has 122 valence electrons. The first-order chi connectivity index (χ1) is 11.7. The van der Waals surface area contributed by atoms with Crippen molar-refractivity contribution in [2.24, 2.45) is 0 Å². The maximum absolute atomic E-state index is 11.2. The summed E-state index contributed by atoms with van der Waals surface area (Å²) in [5.41, 5.74) is 3.97. The van der Waals surface area contributed by atoms with Gasteiger partial charge < -0.3 is 0 Å². The molecule has 1 aliphatic carbocycles. The molecule has 0 unspecified atom stereocenters. The lowest BCUT2D eigenvalue weighted by Crippen LogP contribution is -2.40. The number of rotatable bonds is 3. The van der Waals surface area contributed by atoms with E-state index in [2.05, 4.69) is 41.3 Å². The maximum atomic E-state index is 11.2. The molecule has 2 aromatic carbocycles. The number of likely N-dealkylation sites (tertiary alicyclic amines) is 1. The molecule has 1 saturated heterocycles. The van der Waals surface area contributed by atoms with E-state index in [1.54, 1.807) is 12.1 Å². The first kappa shape index (κ1) is 15.1. The Morgan fingerprint density at radius 3 is 2.54 bits per heavy atom. The number of hydrogen-bond donors (Lipinski definition) is 0. The molecule has 1 aliphatic heterocycles. The van der Waals surface area contributed by atoms with Gasteiger partial charge in [0.1, 0.15) is 0 Å². The number of piperidine rings is 1. The van der Waals surface area contributed by atoms with Gasteiger partial charge in [-0.1, -0.05) is 54.6 Å². The molecule has 0 amide bonds. The molecule has 0 saturated carbocycles. The molecule has 0 atom stereocenters. The zero-order valence-corrected chi connectivity index (χ0v) is 13.5. The van der Waals surface area contributed by atoms with Crippen LogP contribution in [0.1, 0.15) is 29.5 Å². The predicted octanol–water partition coefficient (Wildman–Crippen LogP) is 4.16. The van der Waals surface area contributed by atoms with Crippen LogP contribution in [0.2, 0.25) is 0 Å². The Balaban J connectivity index is 1.48. The fourth-order valence-corrected chi connectivity index (χ4v) is 4.04. The van der Waals surface area contributed by atoms with Crippen molar-refractivity contribution in [2.45, 2.75) is 24.8 Å². The molecule has 1 fully saturated rings. The largest absolute Gasteiger partial charge is 0.299 e. The van der Waals surface area contributed by atoms with Gasteiger partial charge in [0.05, 0.1) is 4.92 Å².